The van der Waals surface area contributed by atoms with Gasteiger partial charge >= 0.3 is 5.97 Å². The van der Waals surface area contributed by atoms with Crippen molar-refractivity contribution in [3.8, 4) is 0 Å². The molecule has 1 heterocycles. The van der Waals surface area contributed by atoms with Gasteiger partial charge in [-0.3, -0.25) is 4.79 Å². The lowest BCUT2D eigenvalue weighted by molar-refractivity contribution is 0.0529. The summed E-state index contributed by atoms with van der Waals surface area (Å²) in [5.41, 5.74) is 6.56. The Labute approximate surface area is 128 Å². The second-order valence-corrected chi connectivity index (χ2v) is 6.01. The van der Waals surface area contributed by atoms with E-state index in [0.29, 0.717) is 22.0 Å². The van der Waals surface area contributed by atoms with E-state index in [2.05, 4.69) is 5.32 Å². The van der Waals surface area contributed by atoms with Crippen LogP contribution in [0.3, 0.4) is 0 Å². The summed E-state index contributed by atoms with van der Waals surface area (Å²) in [7, 11) is 1.86. The predicted octanol–water partition coefficient (Wildman–Crippen LogP) is 1.86. The third-order valence-corrected chi connectivity index (χ3v) is 4.66. The molecule has 1 aliphatic rings. The van der Waals surface area contributed by atoms with Crippen LogP contribution in [-0.4, -0.2) is 38.1 Å². The van der Waals surface area contributed by atoms with E-state index in [0.717, 1.165) is 12.8 Å². The molecule has 7 heteroatoms. The molecule has 0 radical (unpaired) electrons. The number of carbonyl (C=O) groups excluding carboxylic acids is 2. The zero-order valence-electron chi connectivity index (χ0n) is 12.6. The van der Waals surface area contributed by atoms with Gasteiger partial charge in [-0.05, 0) is 26.7 Å². The molecule has 0 spiro atoms. The summed E-state index contributed by atoms with van der Waals surface area (Å²) in [6.07, 6.45) is 2.01. The van der Waals surface area contributed by atoms with Crippen molar-refractivity contribution >= 4 is 33.9 Å². The Kier molecular flexibility index (Phi) is 4.72. The van der Waals surface area contributed by atoms with E-state index in [-0.39, 0.29) is 24.2 Å². The van der Waals surface area contributed by atoms with Gasteiger partial charge in [0.15, 0.2) is 0 Å². The minimum atomic E-state index is -0.480. The summed E-state index contributed by atoms with van der Waals surface area (Å²) in [6.45, 7) is 4.68. The fraction of sp³-hybridized carbons (Fsp3) is 0.571. The van der Waals surface area contributed by atoms with Crippen LogP contribution in [0.1, 0.15) is 46.7 Å². The Morgan fingerprint density at radius 3 is 2.62 bits per heavy atom. The highest BCUT2D eigenvalue weighted by atomic mass is 32.1. The highest BCUT2D eigenvalue weighted by Crippen LogP contribution is 2.38. The second kappa shape index (κ2) is 6.34. The summed E-state index contributed by atoms with van der Waals surface area (Å²) < 4.78 is 5.06. The average Bonchev–Trinajstić information content (AvgIpc) is 3.19. The van der Waals surface area contributed by atoms with Crippen LogP contribution in [0.15, 0.2) is 0 Å². The van der Waals surface area contributed by atoms with Crippen molar-refractivity contribution in [3.05, 3.63) is 10.4 Å². The molecule has 1 fully saturated rings. The molecule has 21 heavy (non-hydrogen) atoms. The van der Waals surface area contributed by atoms with Crippen LogP contribution < -0.4 is 16.0 Å². The van der Waals surface area contributed by atoms with Crippen molar-refractivity contribution in [1.29, 1.82) is 0 Å². The number of ether oxygens (including phenoxy) is 1. The molecule has 1 saturated carbocycles. The number of nitrogens with one attached hydrogen (secondary N) is 1. The molecule has 116 valence electrons. The van der Waals surface area contributed by atoms with Gasteiger partial charge < -0.3 is 20.7 Å². The Morgan fingerprint density at radius 2 is 2.10 bits per heavy atom. The maximum absolute atomic E-state index is 12.2. The van der Waals surface area contributed by atoms with Gasteiger partial charge in [0.1, 0.15) is 15.4 Å². The first kappa shape index (κ1) is 15.6. The quantitative estimate of drug-likeness (QED) is 0.783. The largest absolute Gasteiger partial charge is 0.462 e. The first-order valence-electron chi connectivity index (χ1n) is 7.10. The van der Waals surface area contributed by atoms with E-state index in [1.165, 1.54) is 11.3 Å². The Morgan fingerprint density at radius 1 is 1.43 bits per heavy atom. The van der Waals surface area contributed by atoms with Crippen molar-refractivity contribution < 1.29 is 14.3 Å². The molecular formula is C14H21N3O3S. The topological polar surface area (TPSA) is 84.7 Å². The van der Waals surface area contributed by atoms with Gasteiger partial charge in [-0.1, -0.05) is 0 Å². The van der Waals surface area contributed by atoms with E-state index in [1.807, 2.05) is 18.9 Å². The Balaban J connectivity index is 2.37. The smallest absolute Gasteiger partial charge is 0.343 e. The molecular weight excluding hydrogens is 290 g/mol. The summed E-state index contributed by atoms with van der Waals surface area (Å²) >= 11 is 1.24. The molecule has 0 bridgehead atoms. The van der Waals surface area contributed by atoms with Crippen molar-refractivity contribution in [1.82, 2.24) is 5.32 Å². The number of thiophene rings is 1. The third-order valence-electron chi connectivity index (χ3n) is 3.35. The molecule has 0 unspecified atom stereocenters. The highest BCUT2D eigenvalue weighted by molar-refractivity contribution is 7.19. The lowest BCUT2D eigenvalue weighted by Crippen LogP contribution is -2.25. The first-order chi connectivity index (χ1) is 9.99. The molecule has 6 nitrogen and oxygen atoms in total. The van der Waals surface area contributed by atoms with Crippen LogP contribution in [-0.2, 0) is 4.74 Å². The van der Waals surface area contributed by atoms with Crippen molar-refractivity contribution in [2.24, 2.45) is 0 Å². The van der Waals surface area contributed by atoms with Gasteiger partial charge in [0.2, 0.25) is 0 Å². The molecule has 1 aromatic rings. The zero-order chi connectivity index (χ0) is 15.6. The van der Waals surface area contributed by atoms with Crippen LogP contribution in [0.4, 0.5) is 10.7 Å². The fourth-order valence-electron chi connectivity index (χ4n) is 1.89. The monoisotopic (exact) mass is 311 g/mol. The Hall–Kier alpha value is -1.76. The fourth-order valence-corrected chi connectivity index (χ4v) is 3.03. The van der Waals surface area contributed by atoms with E-state index in [1.54, 1.807) is 6.92 Å². The van der Waals surface area contributed by atoms with Crippen LogP contribution >= 0.6 is 11.3 Å². The molecule has 0 aromatic carbocycles. The summed E-state index contributed by atoms with van der Waals surface area (Å²) in [6, 6.07) is 0.248. The number of rotatable bonds is 6. The number of nitrogens with two attached hydrogens (primary N) is 1. The van der Waals surface area contributed by atoms with Gasteiger partial charge in [-0.15, -0.1) is 11.3 Å². The second-order valence-electron chi connectivity index (χ2n) is 5.01. The van der Waals surface area contributed by atoms with Gasteiger partial charge in [0, 0.05) is 19.6 Å². The first-order valence-corrected chi connectivity index (χ1v) is 7.92. The van der Waals surface area contributed by atoms with Gasteiger partial charge in [-0.25, -0.2) is 4.79 Å². The molecule has 1 aromatic heterocycles. The van der Waals surface area contributed by atoms with Crippen LogP contribution in [0, 0.1) is 0 Å². The zero-order valence-corrected chi connectivity index (χ0v) is 13.4. The predicted molar refractivity (Wildman–Crippen MR) is 84.1 cm³/mol. The number of hydrogen-bond donors (Lipinski definition) is 2. The summed E-state index contributed by atoms with van der Waals surface area (Å²) in [5.74, 6) is -0.687. The van der Waals surface area contributed by atoms with Gasteiger partial charge in [-0.2, -0.15) is 0 Å². The van der Waals surface area contributed by atoms with Crippen molar-refractivity contribution in [2.75, 3.05) is 30.8 Å². The molecule has 2 rings (SSSR count). The molecule has 1 amide bonds. The lowest BCUT2D eigenvalue weighted by atomic mass is 10.2. The lowest BCUT2D eigenvalue weighted by Gasteiger charge is -2.16. The number of nitrogens with zero attached hydrogens (tertiary/aromatic N) is 1. The molecule has 1 aliphatic carbocycles. The number of hydrogen-bond acceptors (Lipinski definition) is 6. The number of nitrogen functional groups attached to an aromatic ring is 1. The highest BCUT2D eigenvalue weighted by Gasteiger charge is 2.30. The third kappa shape index (κ3) is 3.29. The molecule has 3 N–H and O–H groups in total. The van der Waals surface area contributed by atoms with E-state index in [4.69, 9.17) is 10.5 Å². The summed E-state index contributed by atoms with van der Waals surface area (Å²) in [4.78, 5) is 26.6. The van der Waals surface area contributed by atoms with Crippen molar-refractivity contribution in [3.63, 3.8) is 0 Å². The minimum Gasteiger partial charge on any atom is -0.462 e. The average molecular weight is 311 g/mol. The van der Waals surface area contributed by atoms with Gasteiger partial charge in [0.05, 0.1) is 12.3 Å². The number of carbonyl (C=O) groups is 2. The number of anilines is 2. The molecule has 0 atom stereocenters. The maximum Gasteiger partial charge on any atom is 0.343 e. The van der Waals surface area contributed by atoms with Crippen molar-refractivity contribution in [2.45, 2.75) is 32.7 Å². The minimum absolute atomic E-state index is 0.207. The number of esters is 1. The van der Waals surface area contributed by atoms with Gasteiger partial charge in [0.25, 0.3) is 5.91 Å². The van der Waals surface area contributed by atoms with E-state index >= 15 is 0 Å². The SMILES string of the molecule is CCOC(=O)c1c(N(C)CC)sc(C(=O)NC2CC2)c1N. The summed E-state index contributed by atoms with van der Waals surface area (Å²) in [5, 5.41) is 3.58. The molecule has 0 aliphatic heterocycles. The van der Waals surface area contributed by atoms with E-state index < -0.39 is 5.97 Å². The van der Waals surface area contributed by atoms with Crippen LogP contribution in [0.25, 0.3) is 0 Å². The van der Waals surface area contributed by atoms with Crippen LogP contribution in [0.2, 0.25) is 0 Å². The van der Waals surface area contributed by atoms with E-state index in [9.17, 15) is 9.59 Å². The normalized spacial score (nSPS) is 13.9. The molecule has 0 saturated heterocycles. The van der Waals surface area contributed by atoms with Crippen LogP contribution in [0.5, 0.6) is 0 Å². The number of amides is 1. The maximum atomic E-state index is 12.2. The standard InChI is InChI=1S/C14H21N3O3S/c1-4-17(3)13-9(14(19)20-5-2)10(15)11(21-13)12(18)16-8-6-7-8/h8H,4-7,15H2,1-3H3,(H,16,18). The Bertz CT molecular complexity index is 552.